The molecule has 0 saturated carbocycles. The van der Waals surface area contributed by atoms with Crippen LogP contribution in [-0.2, 0) is 14.7 Å². The van der Waals surface area contributed by atoms with Gasteiger partial charge in [-0.3, -0.25) is 0 Å². The predicted octanol–water partition coefficient (Wildman–Crippen LogP) is 2.39. The summed E-state index contributed by atoms with van der Waals surface area (Å²) in [5.74, 6) is 0.0734. The molecule has 2 rings (SSSR count). The van der Waals surface area contributed by atoms with Crippen LogP contribution in [0.25, 0.3) is 0 Å². The molecule has 0 aliphatic rings. The van der Waals surface area contributed by atoms with Crippen molar-refractivity contribution in [3.8, 4) is 5.75 Å². The SMILES string of the molecule is CCC(N)(c1ccc(O)cc1)S(=O)(=O)c1ccccc1. The van der Waals surface area contributed by atoms with Crippen LogP contribution < -0.4 is 5.73 Å². The topological polar surface area (TPSA) is 80.4 Å². The van der Waals surface area contributed by atoms with Gasteiger partial charge < -0.3 is 10.8 Å². The summed E-state index contributed by atoms with van der Waals surface area (Å²) < 4.78 is 25.6. The first kappa shape index (κ1) is 14.6. The van der Waals surface area contributed by atoms with Gasteiger partial charge in [0.15, 0.2) is 0 Å². The Hall–Kier alpha value is -1.85. The van der Waals surface area contributed by atoms with Gasteiger partial charge in [-0.15, -0.1) is 0 Å². The van der Waals surface area contributed by atoms with Crippen LogP contribution in [0.5, 0.6) is 5.75 Å². The highest BCUT2D eigenvalue weighted by atomic mass is 32.2. The maximum atomic E-state index is 12.8. The Bertz CT molecular complexity index is 681. The van der Waals surface area contributed by atoms with Crippen LogP contribution in [-0.4, -0.2) is 13.5 Å². The second-order valence-electron chi connectivity index (χ2n) is 4.61. The first-order chi connectivity index (χ1) is 9.41. The Kier molecular flexibility index (Phi) is 3.83. The van der Waals surface area contributed by atoms with Gasteiger partial charge in [-0.1, -0.05) is 37.3 Å². The minimum absolute atomic E-state index is 0.0734. The zero-order chi connectivity index (χ0) is 14.8. The second-order valence-corrected chi connectivity index (χ2v) is 6.81. The van der Waals surface area contributed by atoms with Crippen molar-refractivity contribution in [2.75, 3.05) is 0 Å². The molecule has 4 nitrogen and oxygen atoms in total. The first-order valence-electron chi connectivity index (χ1n) is 6.30. The molecule has 1 unspecified atom stereocenters. The van der Waals surface area contributed by atoms with E-state index in [1.807, 2.05) is 0 Å². The molecule has 0 bridgehead atoms. The quantitative estimate of drug-likeness (QED) is 0.906. The van der Waals surface area contributed by atoms with Gasteiger partial charge in [0.25, 0.3) is 0 Å². The van der Waals surface area contributed by atoms with Crippen molar-refractivity contribution in [1.29, 1.82) is 0 Å². The van der Waals surface area contributed by atoms with E-state index in [9.17, 15) is 13.5 Å². The lowest BCUT2D eigenvalue weighted by molar-refractivity contribution is 0.473. The van der Waals surface area contributed by atoms with Crippen molar-refractivity contribution in [1.82, 2.24) is 0 Å². The zero-order valence-electron chi connectivity index (χ0n) is 11.2. The smallest absolute Gasteiger partial charge is 0.201 e. The lowest BCUT2D eigenvalue weighted by atomic mass is 10.0. The molecule has 0 spiro atoms. The predicted molar refractivity (Wildman–Crippen MR) is 77.9 cm³/mol. The van der Waals surface area contributed by atoms with Crippen LogP contribution in [0.2, 0.25) is 0 Å². The molecule has 2 aromatic carbocycles. The Morgan fingerprint density at radius 2 is 1.60 bits per heavy atom. The highest BCUT2D eigenvalue weighted by Crippen LogP contribution is 2.34. The van der Waals surface area contributed by atoms with Crippen molar-refractivity contribution in [3.05, 3.63) is 60.2 Å². The number of hydrogen-bond donors (Lipinski definition) is 2. The maximum absolute atomic E-state index is 12.8. The summed E-state index contributed by atoms with van der Waals surface area (Å²) in [6.07, 6.45) is 0.231. The molecule has 0 heterocycles. The lowest BCUT2D eigenvalue weighted by Crippen LogP contribution is -2.44. The largest absolute Gasteiger partial charge is 0.508 e. The number of rotatable bonds is 4. The molecular weight excluding hydrogens is 274 g/mol. The van der Waals surface area contributed by atoms with E-state index in [1.165, 1.54) is 24.3 Å². The molecule has 1 atom stereocenters. The monoisotopic (exact) mass is 291 g/mol. The summed E-state index contributed by atoms with van der Waals surface area (Å²) in [6.45, 7) is 1.73. The van der Waals surface area contributed by atoms with Gasteiger partial charge in [0.05, 0.1) is 4.90 Å². The fraction of sp³-hybridized carbons (Fsp3) is 0.200. The molecule has 0 saturated heterocycles. The third-order valence-corrected chi connectivity index (χ3v) is 5.79. The highest BCUT2D eigenvalue weighted by molar-refractivity contribution is 7.92. The molecule has 0 amide bonds. The lowest BCUT2D eigenvalue weighted by Gasteiger charge is -2.28. The van der Waals surface area contributed by atoms with Crippen molar-refractivity contribution in [2.45, 2.75) is 23.1 Å². The van der Waals surface area contributed by atoms with E-state index in [4.69, 9.17) is 5.73 Å². The molecule has 0 aliphatic heterocycles. The molecule has 2 aromatic rings. The normalized spacial score (nSPS) is 14.7. The minimum atomic E-state index is -3.72. The first-order valence-corrected chi connectivity index (χ1v) is 7.78. The van der Waals surface area contributed by atoms with Crippen molar-refractivity contribution >= 4 is 9.84 Å². The number of benzene rings is 2. The molecule has 0 fully saturated rings. The molecule has 0 aromatic heterocycles. The van der Waals surface area contributed by atoms with E-state index in [0.29, 0.717) is 5.56 Å². The van der Waals surface area contributed by atoms with E-state index in [0.717, 1.165) is 0 Å². The van der Waals surface area contributed by atoms with Crippen LogP contribution in [0.4, 0.5) is 0 Å². The Morgan fingerprint density at radius 3 is 2.10 bits per heavy atom. The number of hydrogen-bond acceptors (Lipinski definition) is 4. The average molecular weight is 291 g/mol. The molecule has 0 aliphatic carbocycles. The van der Waals surface area contributed by atoms with Gasteiger partial charge in [0, 0.05) is 0 Å². The van der Waals surface area contributed by atoms with Gasteiger partial charge in [-0.2, -0.15) is 0 Å². The summed E-state index contributed by atoms with van der Waals surface area (Å²) in [5.41, 5.74) is 6.67. The third kappa shape index (κ3) is 2.30. The van der Waals surface area contributed by atoms with E-state index in [1.54, 1.807) is 37.3 Å². The number of phenols is 1. The molecule has 20 heavy (non-hydrogen) atoms. The molecular formula is C15H17NO3S. The van der Waals surface area contributed by atoms with Crippen LogP contribution in [0.3, 0.4) is 0 Å². The number of aromatic hydroxyl groups is 1. The summed E-state index contributed by atoms with van der Waals surface area (Å²) >= 11 is 0. The van der Waals surface area contributed by atoms with Gasteiger partial charge in [-0.25, -0.2) is 8.42 Å². The fourth-order valence-corrected chi connectivity index (χ4v) is 3.87. The third-order valence-electron chi connectivity index (χ3n) is 3.41. The van der Waals surface area contributed by atoms with Crippen LogP contribution in [0.15, 0.2) is 59.5 Å². The number of phenolic OH excluding ortho intramolecular Hbond substituents is 1. The van der Waals surface area contributed by atoms with Crippen molar-refractivity contribution < 1.29 is 13.5 Å². The molecule has 3 N–H and O–H groups in total. The van der Waals surface area contributed by atoms with Gasteiger partial charge in [0.2, 0.25) is 9.84 Å². The average Bonchev–Trinajstić information content (AvgIpc) is 2.48. The summed E-state index contributed by atoms with van der Waals surface area (Å²) in [6, 6.07) is 14.1. The number of sulfone groups is 1. The molecule has 0 radical (unpaired) electrons. The van der Waals surface area contributed by atoms with E-state index in [2.05, 4.69) is 0 Å². The second kappa shape index (κ2) is 5.26. The summed E-state index contributed by atoms with van der Waals surface area (Å²) in [4.78, 5) is -1.32. The highest BCUT2D eigenvalue weighted by Gasteiger charge is 2.41. The summed E-state index contributed by atoms with van der Waals surface area (Å²) in [7, 11) is -3.72. The fourth-order valence-electron chi connectivity index (χ4n) is 2.10. The Balaban J connectivity index is 2.59. The van der Waals surface area contributed by atoms with E-state index < -0.39 is 14.7 Å². The van der Waals surface area contributed by atoms with Crippen molar-refractivity contribution in [3.63, 3.8) is 0 Å². The van der Waals surface area contributed by atoms with Gasteiger partial charge in [0.1, 0.15) is 10.6 Å². The van der Waals surface area contributed by atoms with Gasteiger partial charge in [-0.05, 0) is 36.2 Å². The summed E-state index contributed by atoms with van der Waals surface area (Å²) in [5, 5.41) is 9.32. The maximum Gasteiger partial charge on any atom is 0.201 e. The minimum Gasteiger partial charge on any atom is -0.508 e. The van der Waals surface area contributed by atoms with Crippen LogP contribution >= 0.6 is 0 Å². The van der Waals surface area contributed by atoms with Gasteiger partial charge >= 0.3 is 0 Å². The Labute approximate surface area is 118 Å². The standard InChI is InChI=1S/C15H17NO3S/c1-2-15(16,12-8-10-13(17)11-9-12)20(18,19)14-6-4-3-5-7-14/h3-11,17H,2,16H2,1H3. The molecule has 5 heteroatoms. The van der Waals surface area contributed by atoms with Crippen LogP contribution in [0, 0.1) is 0 Å². The van der Waals surface area contributed by atoms with E-state index >= 15 is 0 Å². The number of nitrogens with two attached hydrogens (primary N) is 1. The zero-order valence-corrected chi connectivity index (χ0v) is 12.0. The van der Waals surface area contributed by atoms with Crippen molar-refractivity contribution in [2.24, 2.45) is 5.73 Å². The van der Waals surface area contributed by atoms with E-state index in [-0.39, 0.29) is 17.1 Å². The molecule has 106 valence electrons. The van der Waals surface area contributed by atoms with Crippen LogP contribution in [0.1, 0.15) is 18.9 Å². The Morgan fingerprint density at radius 1 is 1.05 bits per heavy atom.